The van der Waals surface area contributed by atoms with Gasteiger partial charge in [0.1, 0.15) is 0 Å². The summed E-state index contributed by atoms with van der Waals surface area (Å²) in [5, 5.41) is 2.84. The second-order valence-corrected chi connectivity index (χ2v) is 5.88. The van der Waals surface area contributed by atoms with Crippen molar-refractivity contribution in [1.82, 2.24) is 10.3 Å². The van der Waals surface area contributed by atoms with Gasteiger partial charge >= 0.3 is 0 Å². The van der Waals surface area contributed by atoms with Gasteiger partial charge in [-0.1, -0.05) is 29.8 Å². The van der Waals surface area contributed by atoms with E-state index < -0.39 is 0 Å². The van der Waals surface area contributed by atoms with E-state index in [4.69, 9.17) is 4.42 Å². The molecule has 1 rings (SSSR count). The van der Waals surface area contributed by atoms with Gasteiger partial charge in [0, 0.05) is 18.3 Å². The first-order valence-electron chi connectivity index (χ1n) is 5.76. The predicted octanol–water partition coefficient (Wildman–Crippen LogP) is 2.83. The summed E-state index contributed by atoms with van der Waals surface area (Å²) in [6.45, 7) is 8.40. The van der Waals surface area contributed by atoms with Gasteiger partial charge in [0.05, 0.1) is 5.69 Å². The number of nitrogens with one attached hydrogen (secondary N) is 1. The van der Waals surface area contributed by atoms with Gasteiger partial charge in [-0.3, -0.25) is 4.79 Å². The first kappa shape index (κ1) is 14.2. The van der Waals surface area contributed by atoms with Crippen LogP contribution in [0.3, 0.4) is 0 Å². The fourth-order valence-corrected chi connectivity index (χ4v) is 2.53. The highest BCUT2D eigenvalue weighted by atomic mass is 79.9. The minimum atomic E-state index is -0.198. The standard InChI is InChI=1S/C12H19BrN2O2/c1-7(2)5-10(13)6-14-12(16)11-8(3)15-9(4)17-11/h7,10H,5-6H2,1-4H3,(H,14,16). The summed E-state index contributed by atoms with van der Waals surface area (Å²) in [5.74, 6) is 1.24. The maximum atomic E-state index is 11.8. The number of rotatable bonds is 5. The van der Waals surface area contributed by atoms with Crippen molar-refractivity contribution in [3.63, 3.8) is 0 Å². The number of oxazole rings is 1. The number of aromatic nitrogens is 1. The third kappa shape index (κ3) is 4.50. The summed E-state index contributed by atoms with van der Waals surface area (Å²) in [6, 6.07) is 0. The minimum Gasteiger partial charge on any atom is -0.436 e. The van der Waals surface area contributed by atoms with Crippen molar-refractivity contribution in [1.29, 1.82) is 0 Å². The molecular formula is C12H19BrN2O2. The van der Waals surface area contributed by atoms with E-state index in [1.54, 1.807) is 13.8 Å². The first-order valence-corrected chi connectivity index (χ1v) is 6.68. The summed E-state index contributed by atoms with van der Waals surface area (Å²) < 4.78 is 5.25. The Morgan fingerprint density at radius 3 is 2.59 bits per heavy atom. The van der Waals surface area contributed by atoms with Crippen molar-refractivity contribution < 1.29 is 9.21 Å². The van der Waals surface area contributed by atoms with Crippen molar-refractivity contribution in [3.05, 3.63) is 17.3 Å². The van der Waals surface area contributed by atoms with Crippen molar-refractivity contribution in [2.75, 3.05) is 6.54 Å². The molecule has 0 bridgehead atoms. The van der Waals surface area contributed by atoms with Gasteiger partial charge in [0.25, 0.3) is 5.91 Å². The van der Waals surface area contributed by atoms with Crippen LogP contribution in [0.15, 0.2) is 4.42 Å². The number of alkyl halides is 1. The molecule has 0 radical (unpaired) electrons. The van der Waals surface area contributed by atoms with Gasteiger partial charge in [0.15, 0.2) is 5.89 Å². The zero-order valence-electron chi connectivity index (χ0n) is 10.7. The van der Waals surface area contributed by atoms with E-state index >= 15 is 0 Å². The molecule has 1 unspecified atom stereocenters. The highest BCUT2D eigenvalue weighted by molar-refractivity contribution is 9.09. The molecule has 0 aliphatic heterocycles. The summed E-state index contributed by atoms with van der Waals surface area (Å²) in [6.07, 6.45) is 1.02. The van der Waals surface area contributed by atoms with Crippen LogP contribution < -0.4 is 5.32 Å². The van der Waals surface area contributed by atoms with E-state index in [9.17, 15) is 4.79 Å². The maximum absolute atomic E-state index is 11.8. The molecule has 5 heteroatoms. The van der Waals surface area contributed by atoms with E-state index in [-0.39, 0.29) is 10.7 Å². The normalized spacial score (nSPS) is 12.8. The van der Waals surface area contributed by atoms with Crippen molar-refractivity contribution in [2.45, 2.75) is 38.9 Å². The highest BCUT2D eigenvalue weighted by Gasteiger charge is 2.16. The molecular weight excluding hydrogens is 284 g/mol. The summed E-state index contributed by atoms with van der Waals surface area (Å²) in [4.78, 5) is 16.2. The number of nitrogens with zero attached hydrogens (tertiary/aromatic N) is 1. The van der Waals surface area contributed by atoms with Crippen LogP contribution in [0, 0.1) is 19.8 Å². The second-order valence-electron chi connectivity index (χ2n) is 4.58. The number of carbonyl (C=O) groups excluding carboxylic acids is 1. The molecule has 96 valence electrons. The van der Waals surface area contributed by atoms with Crippen molar-refractivity contribution in [2.24, 2.45) is 5.92 Å². The minimum absolute atomic E-state index is 0.198. The summed E-state index contributed by atoms with van der Waals surface area (Å²) in [5.41, 5.74) is 0.634. The Hall–Kier alpha value is -0.840. The van der Waals surface area contributed by atoms with E-state index in [0.717, 1.165) is 6.42 Å². The number of hydrogen-bond donors (Lipinski definition) is 1. The van der Waals surface area contributed by atoms with Gasteiger partial charge in [-0.05, 0) is 19.3 Å². The number of aryl methyl sites for hydroxylation is 2. The zero-order chi connectivity index (χ0) is 13.0. The molecule has 0 saturated heterocycles. The molecule has 4 nitrogen and oxygen atoms in total. The highest BCUT2D eigenvalue weighted by Crippen LogP contribution is 2.13. The third-order valence-corrected chi connectivity index (χ3v) is 3.02. The monoisotopic (exact) mass is 302 g/mol. The molecule has 1 atom stereocenters. The Bertz CT molecular complexity index is 388. The first-order chi connectivity index (χ1) is 7.90. The zero-order valence-corrected chi connectivity index (χ0v) is 12.3. The van der Waals surface area contributed by atoms with E-state index in [1.807, 2.05) is 0 Å². The largest absolute Gasteiger partial charge is 0.436 e. The van der Waals surface area contributed by atoms with Crippen LogP contribution in [-0.2, 0) is 0 Å². The number of hydrogen-bond acceptors (Lipinski definition) is 3. The number of amides is 1. The molecule has 1 aromatic rings. The van der Waals surface area contributed by atoms with Crippen LogP contribution in [0.2, 0.25) is 0 Å². The summed E-state index contributed by atoms with van der Waals surface area (Å²) in [7, 11) is 0. The Morgan fingerprint density at radius 2 is 2.12 bits per heavy atom. The van der Waals surface area contributed by atoms with E-state index in [0.29, 0.717) is 29.8 Å². The summed E-state index contributed by atoms with van der Waals surface area (Å²) >= 11 is 3.54. The Balaban J connectivity index is 2.47. The van der Waals surface area contributed by atoms with Crippen LogP contribution in [0.1, 0.15) is 42.4 Å². The predicted molar refractivity (Wildman–Crippen MR) is 70.5 cm³/mol. The molecule has 0 saturated carbocycles. The molecule has 0 spiro atoms. The Kier molecular flexibility index (Phi) is 5.18. The quantitative estimate of drug-likeness (QED) is 0.851. The second kappa shape index (κ2) is 6.19. The van der Waals surface area contributed by atoms with Gasteiger partial charge in [0.2, 0.25) is 5.76 Å². The molecule has 0 aromatic carbocycles. The lowest BCUT2D eigenvalue weighted by atomic mass is 10.1. The molecule has 0 fully saturated rings. The van der Waals surface area contributed by atoms with Gasteiger partial charge in [-0.15, -0.1) is 0 Å². The number of halogens is 1. The van der Waals surface area contributed by atoms with Crippen molar-refractivity contribution >= 4 is 21.8 Å². The molecule has 1 aromatic heterocycles. The fourth-order valence-electron chi connectivity index (χ4n) is 1.62. The lowest BCUT2D eigenvalue weighted by Crippen LogP contribution is -2.30. The van der Waals surface area contributed by atoms with Gasteiger partial charge in [-0.25, -0.2) is 4.98 Å². The van der Waals surface area contributed by atoms with Crippen LogP contribution in [-0.4, -0.2) is 22.3 Å². The smallest absolute Gasteiger partial charge is 0.289 e. The van der Waals surface area contributed by atoms with Crippen LogP contribution in [0.5, 0.6) is 0 Å². The molecule has 1 N–H and O–H groups in total. The van der Waals surface area contributed by atoms with Crippen LogP contribution >= 0.6 is 15.9 Å². The Labute approximate surface area is 110 Å². The maximum Gasteiger partial charge on any atom is 0.289 e. The van der Waals surface area contributed by atoms with Crippen LogP contribution in [0.4, 0.5) is 0 Å². The average Bonchev–Trinajstić information content (AvgIpc) is 2.53. The third-order valence-electron chi connectivity index (χ3n) is 2.32. The van der Waals surface area contributed by atoms with E-state index in [1.165, 1.54) is 0 Å². The molecule has 1 amide bonds. The molecule has 17 heavy (non-hydrogen) atoms. The van der Waals surface area contributed by atoms with Gasteiger partial charge < -0.3 is 9.73 Å². The topological polar surface area (TPSA) is 55.1 Å². The average molecular weight is 303 g/mol. The lowest BCUT2D eigenvalue weighted by Gasteiger charge is -2.12. The fraction of sp³-hybridized carbons (Fsp3) is 0.667. The molecule has 0 aliphatic carbocycles. The molecule has 1 heterocycles. The molecule has 0 aliphatic rings. The Morgan fingerprint density at radius 1 is 1.47 bits per heavy atom. The van der Waals surface area contributed by atoms with Crippen LogP contribution in [0.25, 0.3) is 0 Å². The lowest BCUT2D eigenvalue weighted by molar-refractivity contribution is 0.0923. The van der Waals surface area contributed by atoms with Gasteiger partial charge in [-0.2, -0.15) is 0 Å². The van der Waals surface area contributed by atoms with Crippen molar-refractivity contribution in [3.8, 4) is 0 Å². The SMILES string of the molecule is Cc1nc(C)c(C(=O)NCC(Br)CC(C)C)o1. The van der Waals surface area contributed by atoms with E-state index in [2.05, 4.69) is 40.1 Å². The number of carbonyl (C=O) groups is 1.